The zero-order valence-electron chi connectivity index (χ0n) is 7.00. The summed E-state index contributed by atoms with van der Waals surface area (Å²) in [5.74, 6) is 1.23. The van der Waals surface area contributed by atoms with Crippen molar-refractivity contribution >= 4 is 29.5 Å². The Kier molecular flexibility index (Phi) is 4.01. The summed E-state index contributed by atoms with van der Waals surface area (Å²) in [6.45, 7) is 2.08. The van der Waals surface area contributed by atoms with Gasteiger partial charge >= 0.3 is 5.97 Å². The SMILES string of the molecule is CCCC1=C(C(=O)O)SCCS1. The Morgan fingerprint density at radius 1 is 1.50 bits per heavy atom. The van der Waals surface area contributed by atoms with Gasteiger partial charge in [0.2, 0.25) is 0 Å². The first-order chi connectivity index (χ1) is 5.75. The summed E-state index contributed by atoms with van der Waals surface area (Å²) in [7, 11) is 0. The minimum Gasteiger partial charge on any atom is -0.477 e. The van der Waals surface area contributed by atoms with Crippen molar-refractivity contribution in [2.45, 2.75) is 19.8 Å². The highest BCUT2D eigenvalue weighted by Gasteiger charge is 2.18. The third kappa shape index (κ3) is 2.45. The third-order valence-electron chi connectivity index (χ3n) is 1.53. The summed E-state index contributed by atoms with van der Waals surface area (Å²) in [6, 6.07) is 0. The number of carbonyl (C=O) groups is 1. The first-order valence-corrected chi connectivity index (χ1v) is 5.95. The molecule has 0 saturated heterocycles. The molecule has 68 valence electrons. The second kappa shape index (κ2) is 4.82. The van der Waals surface area contributed by atoms with Gasteiger partial charge < -0.3 is 5.11 Å². The zero-order valence-corrected chi connectivity index (χ0v) is 8.63. The fraction of sp³-hybridized carbons (Fsp3) is 0.625. The average molecular weight is 204 g/mol. The lowest BCUT2D eigenvalue weighted by Crippen LogP contribution is -2.06. The number of carboxylic acids is 1. The van der Waals surface area contributed by atoms with Crippen molar-refractivity contribution in [3.63, 3.8) is 0 Å². The van der Waals surface area contributed by atoms with E-state index in [0.717, 1.165) is 29.3 Å². The van der Waals surface area contributed by atoms with E-state index in [1.807, 2.05) is 0 Å². The van der Waals surface area contributed by atoms with E-state index >= 15 is 0 Å². The lowest BCUT2D eigenvalue weighted by atomic mass is 10.3. The fourth-order valence-electron chi connectivity index (χ4n) is 1.05. The van der Waals surface area contributed by atoms with E-state index in [2.05, 4.69) is 6.92 Å². The van der Waals surface area contributed by atoms with Crippen LogP contribution in [-0.2, 0) is 4.79 Å². The van der Waals surface area contributed by atoms with Crippen molar-refractivity contribution in [3.05, 3.63) is 9.81 Å². The van der Waals surface area contributed by atoms with Crippen LogP contribution in [0, 0.1) is 0 Å². The maximum absolute atomic E-state index is 10.7. The predicted molar refractivity (Wildman–Crippen MR) is 54.5 cm³/mol. The van der Waals surface area contributed by atoms with Crippen LogP contribution in [0.25, 0.3) is 0 Å². The molecule has 1 aliphatic rings. The maximum Gasteiger partial charge on any atom is 0.342 e. The molecular formula is C8H12O2S2. The molecule has 0 atom stereocenters. The summed E-state index contributed by atoms with van der Waals surface area (Å²) in [5, 5.41) is 8.84. The first-order valence-electron chi connectivity index (χ1n) is 3.97. The molecule has 0 unspecified atom stereocenters. The van der Waals surface area contributed by atoms with Gasteiger partial charge in [-0.1, -0.05) is 13.3 Å². The molecule has 0 radical (unpaired) electrons. The standard InChI is InChI=1S/C8H12O2S2/c1-2-3-6-7(8(9)10)12-5-4-11-6/h2-5H2,1H3,(H,9,10). The molecule has 0 saturated carbocycles. The van der Waals surface area contributed by atoms with Crippen LogP contribution in [-0.4, -0.2) is 22.6 Å². The van der Waals surface area contributed by atoms with Crippen molar-refractivity contribution in [1.82, 2.24) is 0 Å². The molecule has 4 heteroatoms. The van der Waals surface area contributed by atoms with Crippen molar-refractivity contribution in [1.29, 1.82) is 0 Å². The minimum atomic E-state index is -0.754. The normalized spacial score (nSPS) is 18.1. The number of hydrogen-bond acceptors (Lipinski definition) is 3. The van der Waals surface area contributed by atoms with Gasteiger partial charge in [-0.3, -0.25) is 0 Å². The highest BCUT2D eigenvalue weighted by Crippen LogP contribution is 2.36. The molecular weight excluding hydrogens is 192 g/mol. The van der Waals surface area contributed by atoms with E-state index in [0.29, 0.717) is 4.91 Å². The summed E-state index contributed by atoms with van der Waals surface area (Å²) in [6.07, 6.45) is 1.94. The highest BCUT2D eigenvalue weighted by atomic mass is 32.2. The van der Waals surface area contributed by atoms with Crippen molar-refractivity contribution in [2.75, 3.05) is 11.5 Å². The van der Waals surface area contributed by atoms with Crippen molar-refractivity contribution in [3.8, 4) is 0 Å². The van der Waals surface area contributed by atoms with Gasteiger partial charge in [-0.05, 0) is 6.42 Å². The van der Waals surface area contributed by atoms with Crippen LogP contribution in [0.4, 0.5) is 0 Å². The molecule has 0 aromatic carbocycles. The summed E-state index contributed by atoms with van der Waals surface area (Å²) < 4.78 is 0. The monoisotopic (exact) mass is 204 g/mol. The van der Waals surface area contributed by atoms with Crippen molar-refractivity contribution < 1.29 is 9.90 Å². The number of carboxylic acid groups (broad SMARTS) is 1. The van der Waals surface area contributed by atoms with Gasteiger partial charge in [-0.15, -0.1) is 23.5 Å². The molecule has 0 fully saturated rings. The van der Waals surface area contributed by atoms with Gasteiger partial charge in [0.15, 0.2) is 0 Å². The molecule has 0 aromatic rings. The Morgan fingerprint density at radius 3 is 2.75 bits per heavy atom. The summed E-state index contributed by atoms with van der Waals surface area (Å²) >= 11 is 3.18. The van der Waals surface area contributed by atoms with E-state index in [1.54, 1.807) is 11.8 Å². The Labute approximate surface area is 80.8 Å². The molecule has 1 N–H and O–H groups in total. The third-order valence-corrected chi connectivity index (χ3v) is 4.20. The van der Waals surface area contributed by atoms with Crippen LogP contribution < -0.4 is 0 Å². The maximum atomic E-state index is 10.7. The summed E-state index contributed by atoms with van der Waals surface area (Å²) in [5.41, 5.74) is 0. The van der Waals surface area contributed by atoms with Crippen LogP contribution >= 0.6 is 23.5 Å². The quantitative estimate of drug-likeness (QED) is 0.766. The van der Waals surface area contributed by atoms with Gasteiger partial charge in [0.1, 0.15) is 4.91 Å². The second-order valence-corrected chi connectivity index (χ2v) is 4.80. The van der Waals surface area contributed by atoms with E-state index in [1.165, 1.54) is 11.8 Å². The minimum absolute atomic E-state index is 0.577. The lowest BCUT2D eigenvalue weighted by Gasteiger charge is -2.15. The van der Waals surface area contributed by atoms with Crippen LogP contribution in [0.2, 0.25) is 0 Å². The van der Waals surface area contributed by atoms with Crippen molar-refractivity contribution in [2.24, 2.45) is 0 Å². The van der Waals surface area contributed by atoms with Gasteiger partial charge in [-0.25, -0.2) is 4.79 Å². The Morgan fingerprint density at radius 2 is 2.17 bits per heavy atom. The smallest absolute Gasteiger partial charge is 0.342 e. The molecule has 0 aliphatic carbocycles. The lowest BCUT2D eigenvalue weighted by molar-refractivity contribution is -0.131. The Hall–Kier alpha value is -0.0900. The number of aliphatic carboxylic acids is 1. The molecule has 0 bridgehead atoms. The number of allylic oxidation sites excluding steroid dienone is 1. The second-order valence-electron chi connectivity index (χ2n) is 2.50. The molecule has 12 heavy (non-hydrogen) atoms. The zero-order chi connectivity index (χ0) is 8.97. The molecule has 1 heterocycles. The molecule has 2 nitrogen and oxygen atoms in total. The summed E-state index contributed by atoms with van der Waals surface area (Å²) in [4.78, 5) is 12.4. The van der Waals surface area contributed by atoms with E-state index in [9.17, 15) is 4.79 Å². The number of rotatable bonds is 3. The number of hydrogen-bond donors (Lipinski definition) is 1. The topological polar surface area (TPSA) is 37.3 Å². The average Bonchev–Trinajstić information content (AvgIpc) is 2.05. The van der Waals surface area contributed by atoms with E-state index in [4.69, 9.17) is 5.11 Å². The molecule has 0 amide bonds. The van der Waals surface area contributed by atoms with Gasteiger partial charge in [-0.2, -0.15) is 0 Å². The molecule has 0 aromatic heterocycles. The van der Waals surface area contributed by atoms with Crippen LogP contribution in [0.5, 0.6) is 0 Å². The fourth-order valence-corrected chi connectivity index (χ4v) is 3.47. The van der Waals surface area contributed by atoms with Crippen LogP contribution in [0.1, 0.15) is 19.8 Å². The number of thioether (sulfide) groups is 2. The molecule has 1 aliphatic heterocycles. The molecule has 0 spiro atoms. The van der Waals surface area contributed by atoms with Gasteiger partial charge in [0.25, 0.3) is 0 Å². The van der Waals surface area contributed by atoms with Crippen LogP contribution in [0.3, 0.4) is 0 Å². The predicted octanol–water partition coefficient (Wildman–Crippen LogP) is 2.56. The highest BCUT2D eigenvalue weighted by molar-refractivity contribution is 8.10. The Balaban J connectivity index is 2.75. The van der Waals surface area contributed by atoms with Crippen LogP contribution in [0.15, 0.2) is 9.81 Å². The van der Waals surface area contributed by atoms with E-state index < -0.39 is 5.97 Å². The molecule has 1 rings (SSSR count). The largest absolute Gasteiger partial charge is 0.477 e. The van der Waals surface area contributed by atoms with Gasteiger partial charge in [0, 0.05) is 16.4 Å². The Bertz CT molecular complexity index is 211. The van der Waals surface area contributed by atoms with E-state index in [-0.39, 0.29) is 0 Å². The first kappa shape index (κ1) is 9.99. The van der Waals surface area contributed by atoms with Gasteiger partial charge in [0.05, 0.1) is 0 Å².